The summed E-state index contributed by atoms with van der Waals surface area (Å²) in [6.45, 7) is 2.23. The Bertz CT molecular complexity index is 652. The molecule has 0 radical (unpaired) electrons. The lowest BCUT2D eigenvalue weighted by Gasteiger charge is -2.10. The number of nitrogen functional groups attached to an aromatic ring is 1. The lowest BCUT2D eigenvalue weighted by Crippen LogP contribution is -2.00. The number of fused-ring (bicyclic) bond motifs is 1. The summed E-state index contributed by atoms with van der Waals surface area (Å²) in [5.74, 6) is -0.147. The minimum absolute atomic E-state index is 0.261. The van der Waals surface area contributed by atoms with Crippen molar-refractivity contribution in [3.63, 3.8) is 0 Å². The number of benzene rings is 2. The van der Waals surface area contributed by atoms with E-state index in [0.717, 1.165) is 17.5 Å². The number of halogens is 1. The molecule has 0 aliphatic heterocycles. The van der Waals surface area contributed by atoms with Crippen molar-refractivity contribution in [2.75, 3.05) is 5.73 Å². The minimum atomic E-state index is -0.408. The van der Waals surface area contributed by atoms with Crippen LogP contribution in [-0.2, 0) is 19.4 Å². The summed E-state index contributed by atoms with van der Waals surface area (Å²) in [6, 6.07) is 9.35. The van der Waals surface area contributed by atoms with E-state index in [9.17, 15) is 4.39 Å². The van der Waals surface area contributed by atoms with Gasteiger partial charge in [-0.25, -0.2) is 4.39 Å². The van der Waals surface area contributed by atoms with Crippen molar-refractivity contribution in [2.24, 2.45) is 0 Å². The molecule has 0 atom stereocenters. The molecule has 0 aromatic heterocycles. The van der Waals surface area contributed by atoms with E-state index in [1.807, 2.05) is 6.92 Å². The van der Waals surface area contributed by atoms with Crippen LogP contribution in [0.4, 0.5) is 10.1 Å². The van der Waals surface area contributed by atoms with Crippen LogP contribution in [0.1, 0.15) is 28.7 Å². The summed E-state index contributed by atoms with van der Waals surface area (Å²) in [5.41, 5.74) is 10.9. The highest BCUT2D eigenvalue weighted by molar-refractivity contribution is 5.50. The second kappa shape index (κ2) is 5.16. The van der Waals surface area contributed by atoms with Crippen LogP contribution in [0.5, 0.6) is 5.75 Å². The predicted molar refractivity (Wildman–Crippen MR) is 78.3 cm³/mol. The molecule has 3 heteroatoms. The average molecular weight is 271 g/mol. The van der Waals surface area contributed by atoms with Gasteiger partial charge < -0.3 is 10.5 Å². The number of hydrogen-bond acceptors (Lipinski definition) is 2. The zero-order chi connectivity index (χ0) is 14.1. The molecule has 3 rings (SSSR count). The van der Waals surface area contributed by atoms with Crippen molar-refractivity contribution < 1.29 is 9.13 Å². The van der Waals surface area contributed by atoms with Crippen LogP contribution in [0.25, 0.3) is 0 Å². The molecular formula is C17H18FNO. The van der Waals surface area contributed by atoms with Gasteiger partial charge in [0.05, 0.1) is 0 Å². The molecule has 2 nitrogen and oxygen atoms in total. The molecule has 1 aliphatic carbocycles. The Morgan fingerprint density at radius 2 is 1.95 bits per heavy atom. The Hall–Kier alpha value is -2.03. The number of ether oxygens (including phenoxy) is 1. The first-order valence-electron chi connectivity index (χ1n) is 6.92. The zero-order valence-corrected chi connectivity index (χ0v) is 11.6. The molecule has 2 aromatic carbocycles. The second-order valence-corrected chi connectivity index (χ2v) is 5.38. The maximum atomic E-state index is 13.7. The molecule has 2 N–H and O–H groups in total. The van der Waals surface area contributed by atoms with Crippen molar-refractivity contribution in [1.82, 2.24) is 0 Å². The molecule has 1 aliphatic rings. The molecule has 0 saturated heterocycles. The summed E-state index contributed by atoms with van der Waals surface area (Å²) in [7, 11) is 0. The lowest BCUT2D eigenvalue weighted by atomic mass is 10.1. The van der Waals surface area contributed by atoms with Gasteiger partial charge >= 0.3 is 0 Å². The van der Waals surface area contributed by atoms with Crippen LogP contribution >= 0.6 is 0 Å². The summed E-state index contributed by atoms with van der Waals surface area (Å²) < 4.78 is 19.3. The standard InChI is InChI=1S/C17H18FNO/c1-11-7-17(15(18)9-16(11)19)20-10-12-5-6-13-3-2-4-14(13)8-12/h5-9H,2-4,10,19H2,1H3. The smallest absolute Gasteiger partial charge is 0.167 e. The van der Waals surface area contributed by atoms with E-state index in [0.29, 0.717) is 12.3 Å². The molecule has 0 fully saturated rings. The second-order valence-electron chi connectivity index (χ2n) is 5.38. The Morgan fingerprint density at radius 1 is 1.15 bits per heavy atom. The lowest BCUT2D eigenvalue weighted by molar-refractivity contribution is 0.290. The van der Waals surface area contributed by atoms with Gasteiger partial charge in [-0.1, -0.05) is 18.2 Å². The molecule has 0 bridgehead atoms. The van der Waals surface area contributed by atoms with Gasteiger partial charge in [0.25, 0.3) is 0 Å². The van der Waals surface area contributed by atoms with E-state index in [1.54, 1.807) is 6.07 Å². The first-order chi connectivity index (χ1) is 9.63. The Labute approximate surface area is 118 Å². The molecule has 0 spiro atoms. The monoisotopic (exact) mass is 271 g/mol. The van der Waals surface area contributed by atoms with Gasteiger partial charge in [0.2, 0.25) is 0 Å². The third-order valence-corrected chi connectivity index (χ3v) is 3.88. The number of nitrogens with two attached hydrogens (primary N) is 1. The maximum Gasteiger partial charge on any atom is 0.167 e. The van der Waals surface area contributed by atoms with E-state index >= 15 is 0 Å². The summed E-state index contributed by atoms with van der Waals surface area (Å²) in [5, 5.41) is 0. The normalized spacial score (nSPS) is 13.3. The van der Waals surface area contributed by atoms with Crippen LogP contribution in [0.2, 0.25) is 0 Å². The van der Waals surface area contributed by atoms with Crippen LogP contribution < -0.4 is 10.5 Å². The van der Waals surface area contributed by atoms with Crippen LogP contribution in [-0.4, -0.2) is 0 Å². The van der Waals surface area contributed by atoms with Gasteiger partial charge in [0.1, 0.15) is 6.61 Å². The highest BCUT2D eigenvalue weighted by Gasteiger charge is 2.12. The van der Waals surface area contributed by atoms with Gasteiger partial charge in [0.15, 0.2) is 11.6 Å². The molecule has 20 heavy (non-hydrogen) atoms. The van der Waals surface area contributed by atoms with Gasteiger partial charge in [-0.15, -0.1) is 0 Å². The molecule has 2 aromatic rings. The number of anilines is 1. The Balaban J connectivity index is 1.75. The molecule has 0 heterocycles. The summed E-state index contributed by atoms with van der Waals surface area (Å²) in [6.07, 6.45) is 3.53. The molecular weight excluding hydrogens is 253 g/mol. The van der Waals surface area contributed by atoms with Crippen LogP contribution in [0.15, 0.2) is 30.3 Å². The predicted octanol–water partition coefficient (Wildman–Crippen LogP) is 3.78. The molecule has 0 unspecified atom stereocenters. The van der Waals surface area contributed by atoms with Gasteiger partial charge in [-0.2, -0.15) is 0 Å². The average Bonchev–Trinajstić information content (AvgIpc) is 2.89. The third-order valence-electron chi connectivity index (χ3n) is 3.88. The van der Waals surface area contributed by atoms with Crippen molar-refractivity contribution in [1.29, 1.82) is 0 Å². The van der Waals surface area contributed by atoms with Crippen molar-refractivity contribution in [3.8, 4) is 5.75 Å². The van der Waals surface area contributed by atoms with Crippen LogP contribution in [0.3, 0.4) is 0 Å². The first kappa shape index (κ1) is 13.0. The number of rotatable bonds is 3. The number of aryl methyl sites for hydroxylation is 3. The topological polar surface area (TPSA) is 35.2 Å². The van der Waals surface area contributed by atoms with E-state index in [-0.39, 0.29) is 5.75 Å². The highest BCUT2D eigenvalue weighted by Crippen LogP contribution is 2.26. The van der Waals surface area contributed by atoms with Gasteiger partial charge in [-0.05, 0) is 54.5 Å². The van der Waals surface area contributed by atoms with Gasteiger partial charge in [-0.3, -0.25) is 0 Å². The van der Waals surface area contributed by atoms with E-state index in [1.165, 1.54) is 30.0 Å². The van der Waals surface area contributed by atoms with Gasteiger partial charge in [0, 0.05) is 11.8 Å². The fraction of sp³-hybridized carbons (Fsp3) is 0.294. The fourth-order valence-electron chi connectivity index (χ4n) is 2.66. The summed E-state index contributed by atoms with van der Waals surface area (Å²) in [4.78, 5) is 0. The largest absolute Gasteiger partial charge is 0.486 e. The molecule has 104 valence electrons. The zero-order valence-electron chi connectivity index (χ0n) is 11.6. The first-order valence-corrected chi connectivity index (χ1v) is 6.92. The van der Waals surface area contributed by atoms with Crippen molar-refractivity contribution in [3.05, 3.63) is 58.4 Å². The quantitative estimate of drug-likeness (QED) is 0.862. The van der Waals surface area contributed by atoms with Crippen molar-refractivity contribution >= 4 is 5.69 Å². The third kappa shape index (κ3) is 2.48. The molecule has 0 saturated carbocycles. The highest BCUT2D eigenvalue weighted by atomic mass is 19.1. The van der Waals surface area contributed by atoms with Crippen molar-refractivity contribution in [2.45, 2.75) is 32.8 Å². The Morgan fingerprint density at radius 3 is 2.80 bits per heavy atom. The van der Waals surface area contributed by atoms with E-state index in [4.69, 9.17) is 10.5 Å². The van der Waals surface area contributed by atoms with E-state index < -0.39 is 5.82 Å². The SMILES string of the molecule is Cc1cc(OCc2ccc3c(c2)CCC3)c(F)cc1N. The van der Waals surface area contributed by atoms with E-state index in [2.05, 4.69) is 18.2 Å². The van der Waals surface area contributed by atoms with Crippen LogP contribution in [0, 0.1) is 12.7 Å². The fourth-order valence-corrected chi connectivity index (χ4v) is 2.66. The molecule has 0 amide bonds. The maximum absolute atomic E-state index is 13.7. The minimum Gasteiger partial charge on any atom is -0.486 e. The Kier molecular flexibility index (Phi) is 3.35. The number of hydrogen-bond donors (Lipinski definition) is 1. The summed E-state index contributed by atoms with van der Waals surface area (Å²) >= 11 is 0.